The largest absolute Gasteiger partial charge is 0.497 e. The highest BCUT2D eigenvalue weighted by Gasteiger charge is 2.14. The van der Waals surface area contributed by atoms with Crippen LogP contribution in [0.1, 0.15) is 10.6 Å². The fourth-order valence-electron chi connectivity index (χ4n) is 1.42. The highest BCUT2D eigenvalue weighted by atomic mass is 79.9. The number of benzene rings is 1. The molecule has 0 aliphatic carbocycles. The van der Waals surface area contributed by atoms with E-state index in [0.717, 1.165) is 0 Å². The van der Waals surface area contributed by atoms with Crippen LogP contribution in [0, 0.1) is 5.82 Å². The molecule has 0 saturated carbocycles. The van der Waals surface area contributed by atoms with Gasteiger partial charge in [0, 0.05) is 11.6 Å². The molecule has 0 radical (unpaired) electrons. The normalized spacial score (nSPS) is 10.3. The Kier molecular flexibility index (Phi) is 3.23. The zero-order valence-electron chi connectivity index (χ0n) is 8.83. The summed E-state index contributed by atoms with van der Waals surface area (Å²) >= 11 is 3.19. The minimum Gasteiger partial charge on any atom is -0.497 e. The van der Waals surface area contributed by atoms with Crippen molar-refractivity contribution in [3.63, 3.8) is 0 Å². The predicted octanol–water partition coefficient (Wildman–Crippen LogP) is 2.80. The first kappa shape index (κ1) is 11.8. The minimum atomic E-state index is -0.464. The maximum Gasteiger partial charge on any atom is 0.185 e. The smallest absolute Gasteiger partial charge is 0.185 e. The van der Waals surface area contributed by atoms with Gasteiger partial charge in [-0.15, -0.1) is 0 Å². The van der Waals surface area contributed by atoms with Crippen LogP contribution >= 0.6 is 15.9 Å². The zero-order valence-corrected chi connectivity index (χ0v) is 10.4. The van der Waals surface area contributed by atoms with Crippen LogP contribution in [0.2, 0.25) is 0 Å². The monoisotopic (exact) mass is 298 g/mol. The number of H-pyrrole nitrogens is 1. The molecule has 0 aliphatic heterocycles. The molecule has 0 fully saturated rings. The third kappa shape index (κ3) is 2.21. The molecule has 0 aliphatic rings. The SMILES string of the molecule is COc1ccc(-c2nc(C=O)[nH]c2Br)c(F)c1. The molecule has 1 N–H and O–H groups in total. The quantitative estimate of drug-likeness (QED) is 0.887. The Hall–Kier alpha value is -1.69. The number of carbonyl (C=O) groups is 1. The van der Waals surface area contributed by atoms with E-state index < -0.39 is 5.82 Å². The van der Waals surface area contributed by atoms with Crippen LogP contribution < -0.4 is 4.74 Å². The summed E-state index contributed by atoms with van der Waals surface area (Å²) in [5.41, 5.74) is 0.647. The molecule has 0 amide bonds. The highest BCUT2D eigenvalue weighted by Crippen LogP contribution is 2.29. The average molecular weight is 299 g/mol. The lowest BCUT2D eigenvalue weighted by molar-refractivity contribution is 0.111. The number of aldehydes is 1. The summed E-state index contributed by atoms with van der Waals surface area (Å²) in [5.74, 6) is 0.101. The van der Waals surface area contributed by atoms with E-state index in [9.17, 15) is 9.18 Å². The summed E-state index contributed by atoms with van der Waals surface area (Å²) in [6, 6.07) is 4.43. The van der Waals surface area contributed by atoms with E-state index in [1.165, 1.54) is 13.2 Å². The maximum absolute atomic E-state index is 13.8. The zero-order chi connectivity index (χ0) is 12.4. The number of ether oxygens (including phenoxy) is 1. The predicted molar refractivity (Wildman–Crippen MR) is 63.6 cm³/mol. The number of methoxy groups -OCH3 is 1. The van der Waals surface area contributed by atoms with Gasteiger partial charge in [0.25, 0.3) is 0 Å². The highest BCUT2D eigenvalue weighted by molar-refractivity contribution is 9.10. The second-order valence-corrected chi connectivity index (χ2v) is 4.04. The Balaban J connectivity index is 2.52. The van der Waals surface area contributed by atoms with Gasteiger partial charge in [-0.2, -0.15) is 0 Å². The lowest BCUT2D eigenvalue weighted by Crippen LogP contribution is -1.89. The van der Waals surface area contributed by atoms with E-state index in [2.05, 4.69) is 25.9 Å². The van der Waals surface area contributed by atoms with Crippen LogP contribution in [-0.2, 0) is 0 Å². The molecular formula is C11H8BrFN2O2. The second-order valence-electron chi connectivity index (χ2n) is 3.25. The van der Waals surface area contributed by atoms with Gasteiger partial charge in [0.15, 0.2) is 12.1 Å². The first-order valence-electron chi connectivity index (χ1n) is 4.70. The fourth-order valence-corrected chi connectivity index (χ4v) is 1.92. The van der Waals surface area contributed by atoms with Crippen LogP contribution in [-0.4, -0.2) is 23.4 Å². The Bertz CT molecular complexity index is 569. The number of aromatic nitrogens is 2. The van der Waals surface area contributed by atoms with Crippen molar-refractivity contribution in [1.29, 1.82) is 0 Å². The molecule has 2 rings (SSSR count). The Morgan fingerprint density at radius 3 is 2.82 bits per heavy atom. The van der Waals surface area contributed by atoms with Crippen LogP contribution in [0.5, 0.6) is 5.75 Å². The van der Waals surface area contributed by atoms with Crippen molar-refractivity contribution in [2.75, 3.05) is 7.11 Å². The number of nitrogens with one attached hydrogen (secondary N) is 1. The van der Waals surface area contributed by atoms with Crippen molar-refractivity contribution < 1.29 is 13.9 Å². The summed E-state index contributed by atoms with van der Waals surface area (Å²) in [4.78, 5) is 17.2. The first-order chi connectivity index (χ1) is 8.15. The molecule has 1 aromatic heterocycles. The van der Waals surface area contributed by atoms with Crippen molar-refractivity contribution in [3.05, 3.63) is 34.4 Å². The van der Waals surface area contributed by atoms with E-state index in [1.54, 1.807) is 12.1 Å². The van der Waals surface area contributed by atoms with Crippen molar-refractivity contribution in [2.45, 2.75) is 0 Å². The molecule has 1 heterocycles. The van der Waals surface area contributed by atoms with Gasteiger partial charge in [0.1, 0.15) is 21.9 Å². The third-order valence-corrected chi connectivity index (χ3v) is 2.79. The summed E-state index contributed by atoms with van der Waals surface area (Å²) in [6.45, 7) is 0. The summed E-state index contributed by atoms with van der Waals surface area (Å²) in [6.07, 6.45) is 0.565. The van der Waals surface area contributed by atoms with E-state index in [0.29, 0.717) is 27.9 Å². The molecule has 17 heavy (non-hydrogen) atoms. The van der Waals surface area contributed by atoms with Gasteiger partial charge < -0.3 is 9.72 Å². The number of halogens is 2. The molecule has 4 nitrogen and oxygen atoms in total. The average Bonchev–Trinajstić information content (AvgIpc) is 2.70. The number of nitrogens with zero attached hydrogens (tertiary/aromatic N) is 1. The topological polar surface area (TPSA) is 55.0 Å². The van der Waals surface area contributed by atoms with E-state index >= 15 is 0 Å². The van der Waals surface area contributed by atoms with Crippen LogP contribution in [0.3, 0.4) is 0 Å². The van der Waals surface area contributed by atoms with Gasteiger partial charge in [-0.05, 0) is 28.1 Å². The lowest BCUT2D eigenvalue weighted by Gasteiger charge is -2.03. The number of imidazole rings is 1. The molecular weight excluding hydrogens is 291 g/mol. The molecule has 0 saturated heterocycles. The number of aromatic amines is 1. The lowest BCUT2D eigenvalue weighted by atomic mass is 10.1. The van der Waals surface area contributed by atoms with Crippen molar-refractivity contribution in [2.24, 2.45) is 0 Å². The Morgan fingerprint density at radius 1 is 1.53 bits per heavy atom. The molecule has 88 valence electrons. The summed E-state index contributed by atoms with van der Waals surface area (Å²) in [5, 5.41) is 0. The molecule has 0 bridgehead atoms. The number of carbonyl (C=O) groups excluding carboxylic acids is 1. The molecule has 0 unspecified atom stereocenters. The van der Waals surface area contributed by atoms with Gasteiger partial charge in [-0.25, -0.2) is 9.37 Å². The summed E-state index contributed by atoms with van der Waals surface area (Å²) < 4.78 is 19.1. The van der Waals surface area contributed by atoms with Gasteiger partial charge in [0.05, 0.1) is 7.11 Å². The molecule has 0 spiro atoms. The van der Waals surface area contributed by atoms with Gasteiger partial charge in [-0.3, -0.25) is 4.79 Å². The molecule has 2 aromatic rings. The van der Waals surface area contributed by atoms with Crippen molar-refractivity contribution in [1.82, 2.24) is 9.97 Å². The van der Waals surface area contributed by atoms with Crippen LogP contribution in [0.4, 0.5) is 4.39 Å². The fraction of sp³-hybridized carbons (Fsp3) is 0.0909. The maximum atomic E-state index is 13.8. The standard InChI is InChI=1S/C11H8BrFN2O2/c1-17-6-2-3-7(8(13)4-6)10-11(12)15-9(5-16)14-10/h2-5H,1H3,(H,14,15). The Labute approximate surface area is 105 Å². The van der Waals surface area contributed by atoms with Crippen LogP contribution in [0.25, 0.3) is 11.3 Å². The minimum absolute atomic E-state index is 0.141. The van der Waals surface area contributed by atoms with E-state index in [4.69, 9.17) is 4.74 Å². The summed E-state index contributed by atoms with van der Waals surface area (Å²) in [7, 11) is 1.46. The molecule has 6 heteroatoms. The first-order valence-corrected chi connectivity index (χ1v) is 5.49. The van der Waals surface area contributed by atoms with Crippen molar-refractivity contribution >= 4 is 22.2 Å². The molecule has 0 atom stereocenters. The van der Waals surface area contributed by atoms with Gasteiger partial charge >= 0.3 is 0 Å². The molecule has 1 aromatic carbocycles. The third-order valence-electron chi connectivity index (χ3n) is 2.22. The van der Waals surface area contributed by atoms with Gasteiger partial charge in [0.2, 0.25) is 0 Å². The second kappa shape index (κ2) is 4.67. The van der Waals surface area contributed by atoms with Crippen LogP contribution in [0.15, 0.2) is 22.8 Å². The number of hydrogen-bond acceptors (Lipinski definition) is 3. The van der Waals surface area contributed by atoms with Crippen molar-refractivity contribution in [3.8, 4) is 17.0 Å². The van der Waals surface area contributed by atoms with Gasteiger partial charge in [-0.1, -0.05) is 0 Å². The van der Waals surface area contributed by atoms with E-state index in [-0.39, 0.29) is 5.82 Å². The number of rotatable bonds is 3. The Morgan fingerprint density at radius 2 is 2.29 bits per heavy atom. The number of hydrogen-bond donors (Lipinski definition) is 1. The van der Waals surface area contributed by atoms with E-state index in [1.807, 2.05) is 0 Å².